The number of carboxylic acid groups (broad SMARTS) is 2. The third-order valence-corrected chi connectivity index (χ3v) is 2.55. The van der Waals surface area contributed by atoms with E-state index in [0.29, 0.717) is 0 Å². The Morgan fingerprint density at radius 1 is 0.500 bits per heavy atom. The lowest BCUT2D eigenvalue weighted by atomic mass is 10.2. The van der Waals surface area contributed by atoms with Crippen LogP contribution in [0, 0.1) is 0 Å². The summed E-state index contributed by atoms with van der Waals surface area (Å²) in [5, 5.41) is 16.7. The minimum atomic E-state index is -1.22. The highest BCUT2D eigenvalue weighted by molar-refractivity contribution is 5.90. The van der Waals surface area contributed by atoms with Gasteiger partial charge in [-0.3, -0.25) is 28.8 Å². The van der Waals surface area contributed by atoms with E-state index in [4.69, 9.17) is 10.2 Å². The molecule has 0 spiro atoms. The molecule has 0 aliphatic heterocycles. The topological polar surface area (TPSA) is 161 Å². The number of hydrogen-bond donors (Lipinski definition) is 2. The normalized spacial score (nSPS) is 9.83. The molecule has 134 valence electrons. The van der Waals surface area contributed by atoms with E-state index in [0.717, 1.165) is 0 Å². The van der Waals surface area contributed by atoms with Gasteiger partial charge in [-0.05, 0) is 12.8 Å². The van der Waals surface area contributed by atoms with Crippen molar-refractivity contribution >= 4 is 35.8 Å². The van der Waals surface area contributed by atoms with Crippen molar-refractivity contribution in [2.24, 2.45) is 0 Å². The maximum absolute atomic E-state index is 11.3. The Hall–Kier alpha value is -2.78. The lowest BCUT2D eigenvalue weighted by Gasteiger charge is -2.03. The summed E-state index contributed by atoms with van der Waals surface area (Å²) in [5.41, 5.74) is 0. The molecule has 0 amide bonds. The molecular weight excluding hydrogens is 328 g/mol. The summed E-state index contributed by atoms with van der Waals surface area (Å²) < 4.78 is 8.66. The fraction of sp³-hybridized carbons (Fsp3) is 0.571. The van der Waals surface area contributed by atoms with Crippen molar-refractivity contribution in [2.45, 2.75) is 51.4 Å². The summed E-state index contributed by atoms with van der Waals surface area (Å²) >= 11 is 0. The van der Waals surface area contributed by atoms with Gasteiger partial charge in [0.15, 0.2) is 0 Å². The third kappa shape index (κ3) is 12.9. The fourth-order valence-corrected chi connectivity index (χ4v) is 1.42. The Balaban J connectivity index is 3.85. The molecule has 0 unspecified atom stereocenters. The van der Waals surface area contributed by atoms with Crippen molar-refractivity contribution in [1.82, 2.24) is 0 Å². The molecular formula is C14H18O10. The van der Waals surface area contributed by atoms with Gasteiger partial charge < -0.3 is 19.7 Å². The Labute approximate surface area is 136 Å². The van der Waals surface area contributed by atoms with Gasteiger partial charge in [-0.1, -0.05) is 0 Å². The molecule has 0 aliphatic carbocycles. The first kappa shape index (κ1) is 21.2. The van der Waals surface area contributed by atoms with Crippen LogP contribution in [0.3, 0.4) is 0 Å². The molecule has 10 heteroatoms. The van der Waals surface area contributed by atoms with Crippen LogP contribution in [0.15, 0.2) is 0 Å². The van der Waals surface area contributed by atoms with Gasteiger partial charge in [0.1, 0.15) is 0 Å². The predicted molar refractivity (Wildman–Crippen MR) is 74.4 cm³/mol. The molecule has 2 N–H and O–H groups in total. The summed E-state index contributed by atoms with van der Waals surface area (Å²) in [6.45, 7) is 0. The zero-order chi connectivity index (χ0) is 18.5. The number of aliphatic carboxylic acids is 2. The van der Waals surface area contributed by atoms with Gasteiger partial charge in [0.25, 0.3) is 0 Å². The fourth-order valence-electron chi connectivity index (χ4n) is 1.42. The zero-order valence-corrected chi connectivity index (χ0v) is 12.8. The van der Waals surface area contributed by atoms with Crippen LogP contribution in [-0.4, -0.2) is 46.0 Å². The standard InChI is InChI=1S/C14H18O10/c15-9(16)3-1-2-4-11(19)23-13(21)7-8-14(22)24-12(20)6-5-10(17)18/h1-8H2,(H,15,16)(H,17,18). The second-order valence-electron chi connectivity index (χ2n) is 4.69. The second kappa shape index (κ2) is 11.7. The Bertz CT molecular complexity index is 508. The number of carbonyl (C=O) groups is 6. The SMILES string of the molecule is O=C(O)CCCCC(=O)OC(=O)CCC(=O)OC(=O)CCC(=O)O. The Morgan fingerprint density at radius 2 is 0.833 bits per heavy atom. The Kier molecular flexibility index (Phi) is 10.4. The van der Waals surface area contributed by atoms with Gasteiger partial charge >= 0.3 is 35.8 Å². The summed E-state index contributed by atoms with van der Waals surface area (Å²) in [4.78, 5) is 65.3. The quantitative estimate of drug-likeness (QED) is 0.304. The van der Waals surface area contributed by atoms with Crippen molar-refractivity contribution in [2.75, 3.05) is 0 Å². The van der Waals surface area contributed by atoms with Crippen LogP contribution in [-0.2, 0) is 38.2 Å². The molecule has 0 bridgehead atoms. The van der Waals surface area contributed by atoms with Crippen LogP contribution in [0.5, 0.6) is 0 Å². The van der Waals surface area contributed by atoms with Gasteiger partial charge in [-0.2, -0.15) is 0 Å². The molecule has 0 saturated heterocycles. The van der Waals surface area contributed by atoms with Gasteiger partial charge in [-0.15, -0.1) is 0 Å². The van der Waals surface area contributed by atoms with Crippen LogP contribution < -0.4 is 0 Å². The van der Waals surface area contributed by atoms with E-state index >= 15 is 0 Å². The number of rotatable bonds is 11. The Morgan fingerprint density at radius 3 is 1.25 bits per heavy atom. The average molecular weight is 346 g/mol. The third-order valence-electron chi connectivity index (χ3n) is 2.55. The first-order valence-corrected chi connectivity index (χ1v) is 7.11. The van der Waals surface area contributed by atoms with Crippen molar-refractivity contribution in [1.29, 1.82) is 0 Å². The van der Waals surface area contributed by atoms with Gasteiger partial charge in [-0.25, -0.2) is 0 Å². The van der Waals surface area contributed by atoms with E-state index < -0.39 is 61.5 Å². The number of hydrogen-bond acceptors (Lipinski definition) is 8. The monoisotopic (exact) mass is 346 g/mol. The van der Waals surface area contributed by atoms with Crippen LogP contribution >= 0.6 is 0 Å². The highest BCUT2D eigenvalue weighted by atomic mass is 16.6. The molecule has 0 aromatic carbocycles. The molecule has 0 aliphatic rings. The first-order chi connectivity index (χ1) is 11.2. The van der Waals surface area contributed by atoms with E-state index in [-0.39, 0.29) is 25.7 Å². The van der Waals surface area contributed by atoms with Crippen LogP contribution in [0.25, 0.3) is 0 Å². The van der Waals surface area contributed by atoms with E-state index in [1.807, 2.05) is 0 Å². The first-order valence-electron chi connectivity index (χ1n) is 7.11. The van der Waals surface area contributed by atoms with Crippen LogP contribution in [0.1, 0.15) is 51.4 Å². The minimum absolute atomic E-state index is 0.0943. The number of carboxylic acids is 2. The number of esters is 4. The van der Waals surface area contributed by atoms with Gasteiger partial charge in [0.05, 0.1) is 25.7 Å². The molecule has 0 atom stereocenters. The minimum Gasteiger partial charge on any atom is -0.481 e. The van der Waals surface area contributed by atoms with E-state index in [2.05, 4.69) is 9.47 Å². The van der Waals surface area contributed by atoms with Crippen molar-refractivity contribution in [3.63, 3.8) is 0 Å². The summed E-state index contributed by atoms with van der Waals surface area (Å²) in [6, 6.07) is 0. The summed E-state index contributed by atoms with van der Waals surface area (Å²) in [7, 11) is 0. The molecule has 0 aromatic heterocycles. The van der Waals surface area contributed by atoms with Crippen LogP contribution in [0.2, 0.25) is 0 Å². The highest BCUT2D eigenvalue weighted by Crippen LogP contribution is 2.04. The summed E-state index contributed by atoms with van der Waals surface area (Å²) in [6.07, 6.45) is -1.64. The summed E-state index contributed by atoms with van der Waals surface area (Å²) in [5.74, 6) is -6.08. The maximum atomic E-state index is 11.3. The van der Waals surface area contributed by atoms with E-state index in [9.17, 15) is 28.8 Å². The molecule has 0 heterocycles. The molecule has 0 rings (SSSR count). The molecule has 24 heavy (non-hydrogen) atoms. The second-order valence-corrected chi connectivity index (χ2v) is 4.69. The van der Waals surface area contributed by atoms with E-state index in [1.54, 1.807) is 0 Å². The smallest absolute Gasteiger partial charge is 0.314 e. The van der Waals surface area contributed by atoms with E-state index in [1.165, 1.54) is 0 Å². The largest absolute Gasteiger partial charge is 0.481 e. The van der Waals surface area contributed by atoms with Crippen molar-refractivity contribution < 1.29 is 48.5 Å². The zero-order valence-electron chi connectivity index (χ0n) is 12.8. The number of ether oxygens (including phenoxy) is 2. The number of unbranched alkanes of at least 4 members (excludes halogenated alkanes) is 1. The number of carbonyl (C=O) groups excluding carboxylic acids is 4. The molecule has 0 aromatic rings. The lowest BCUT2D eigenvalue weighted by Crippen LogP contribution is -2.17. The highest BCUT2D eigenvalue weighted by Gasteiger charge is 2.16. The van der Waals surface area contributed by atoms with Crippen molar-refractivity contribution in [3.05, 3.63) is 0 Å². The molecule has 10 nitrogen and oxygen atoms in total. The molecule has 0 radical (unpaired) electrons. The average Bonchev–Trinajstić information content (AvgIpc) is 2.47. The lowest BCUT2D eigenvalue weighted by molar-refractivity contribution is -0.165. The molecule has 0 saturated carbocycles. The predicted octanol–water partition coefficient (Wildman–Crippen LogP) is 0.416. The maximum Gasteiger partial charge on any atom is 0.314 e. The molecule has 0 fully saturated rings. The van der Waals surface area contributed by atoms with Crippen LogP contribution in [0.4, 0.5) is 0 Å². The van der Waals surface area contributed by atoms with Gasteiger partial charge in [0, 0.05) is 12.8 Å². The van der Waals surface area contributed by atoms with Crippen molar-refractivity contribution in [3.8, 4) is 0 Å². The van der Waals surface area contributed by atoms with Gasteiger partial charge in [0.2, 0.25) is 0 Å².